The van der Waals surface area contributed by atoms with Gasteiger partial charge < -0.3 is 10.5 Å². The predicted octanol–water partition coefficient (Wildman–Crippen LogP) is 0.701. The molecule has 0 aliphatic heterocycles. The minimum absolute atomic E-state index is 0.231. The Bertz CT molecular complexity index is 163. The Hall–Kier alpha value is -0.830. The van der Waals surface area contributed by atoms with Crippen LogP contribution in [0.5, 0.6) is 0 Å². The Morgan fingerprint density at radius 2 is 2.27 bits per heavy atom. The molecule has 0 saturated heterocycles. The molecule has 3 nitrogen and oxygen atoms in total. The molecule has 1 atom stereocenters. The van der Waals surface area contributed by atoms with Crippen molar-refractivity contribution in [1.29, 1.82) is 0 Å². The van der Waals surface area contributed by atoms with E-state index in [0.717, 1.165) is 0 Å². The molecule has 0 saturated carbocycles. The van der Waals surface area contributed by atoms with Crippen LogP contribution < -0.4 is 5.73 Å². The number of hydrogen-bond donors (Lipinski definition) is 1. The van der Waals surface area contributed by atoms with Crippen LogP contribution >= 0.6 is 0 Å². The van der Waals surface area contributed by atoms with E-state index in [1.807, 2.05) is 13.0 Å². The second-order valence-electron chi connectivity index (χ2n) is 2.55. The summed E-state index contributed by atoms with van der Waals surface area (Å²) in [5.41, 5.74) is 5.98. The zero-order valence-electron chi connectivity index (χ0n) is 7.26. The summed E-state index contributed by atoms with van der Waals surface area (Å²) in [6, 6.07) is 0. The third-order valence-electron chi connectivity index (χ3n) is 1.41. The zero-order valence-corrected chi connectivity index (χ0v) is 7.26. The van der Waals surface area contributed by atoms with E-state index in [2.05, 4.69) is 4.74 Å². The van der Waals surface area contributed by atoms with Crippen LogP contribution in [0.25, 0.3) is 0 Å². The van der Waals surface area contributed by atoms with E-state index in [1.54, 1.807) is 6.92 Å². The van der Waals surface area contributed by atoms with Gasteiger partial charge in [-0.2, -0.15) is 0 Å². The van der Waals surface area contributed by atoms with Crippen LogP contribution in [0.4, 0.5) is 0 Å². The van der Waals surface area contributed by atoms with Crippen LogP contribution in [0, 0.1) is 5.92 Å². The highest BCUT2D eigenvalue weighted by atomic mass is 16.5. The maximum Gasteiger partial charge on any atom is 0.333 e. The van der Waals surface area contributed by atoms with Crippen molar-refractivity contribution < 1.29 is 9.53 Å². The van der Waals surface area contributed by atoms with Crippen LogP contribution in [-0.4, -0.2) is 19.6 Å². The van der Waals surface area contributed by atoms with E-state index in [0.29, 0.717) is 12.1 Å². The maximum atomic E-state index is 10.8. The number of ether oxygens (including phenoxy) is 1. The molecule has 0 aromatic rings. The molecule has 0 aromatic heterocycles. The molecule has 11 heavy (non-hydrogen) atoms. The minimum Gasteiger partial charge on any atom is -0.466 e. The Morgan fingerprint density at radius 1 is 1.73 bits per heavy atom. The number of rotatable bonds is 3. The fourth-order valence-electron chi connectivity index (χ4n) is 0.724. The van der Waals surface area contributed by atoms with E-state index in [9.17, 15) is 4.79 Å². The normalized spacial score (nSPS) is 14.4. The number of hydrogen-bond acceptors (Lipinski definition) is 3. The largest absolute Gasteiger partial charge is 0.466 e. The van der Waals surface area contributed by atoms with Gasteiger partial charge in [0.1, 0.15) is 0 Å². The van der Waals surface area contributed by atoms with Gasteiger partial charge in [-0.1, -0.05) is 13.0 Å². The summed E-state index contributed by atoms with van der Waals surface area (Å²) in [6.07, 6.45) is 1.81. The van der Waals surface area contributed by atoms with Crippen LogP contribution in [0.2, 0.25) is 0 Å². The molecular weight excluding hydrogens is 142 g/mol. The van der Waals surface area contributed by atoms with Gasteiger partial charge in [0.2, 0.25) is 0 Å². The number of carbonyl (C=O) groups is 1. The average Bonchev–Trinajstić information content (AvgIpc) is 2.02. The van der Waals surface area contributed by atoms with Gasteiger partial charge in [0.15, 0.2) is 0 Å². The standard InChI is InChI=1S/C8H15NO2/c1-6(5-9)4-7(2)8(10)11-3/h4,6H,5,9H2,1-3H3/b7-4+. The number of esters is 1. The monoisotopic (exact) mass is 157 g/mol. The molecule has 3 heteroatoms. The topological polar surface area (TPSA) is 52.3 Å². The third-order valence-corrected chi connectivity index (χ3v) is 1.41. The molecule has 0 aliphatic rings. The second kappa shape index (κ2) is 4.91. The van der Waals surface area contributed by atoms with Crippen molar-refractivity contribution in [1.82, 2.24) is 0 Å². The highest BCUT2D eigenvalue weighted by molar-refractivity contribution is 5.87. The van der Waals surface area contributed by atoms with Crippen LogP contribution in [-0.2, 0) is 9.53 Å². The van der Waals surface area contributed by atoms with Crippen LogP contribution in [0.1, 0.15) is 13.8 Å². The van der Waals surface area contributed by atoms with Crippen molar-refractivity contribution in [2.45, 2.75) is 13.8 Å². The average molecular weight is 157 g/mol. The van der Waals surface area contributed by atoms with Crippen molar-refractivity contribution in [3.05, 3.63) is 11.6 Å². The highest BCUT2D eigenvalue weighted by Crippen LogP contribution is 2.02. The number of nitrogens with two attached hydrogens (primary N) is 1. The van der Waals surface area contributed by atoms with Gasteiger partial charge in [-0.15, -0.1) is 0 Å². The highest BCUT2D eigenvalue weighted by Gasteiger charge is 2.03. The molecule has 0 rings (SSSR count). The van der Waals surface area contributed by atoms with Gasteiger partial charge in [-0.05, 0) is 19.4 Å². The second-order valence-corrected chi connectivity index (χ2v) is 2.55. The Labute approximate surface area is 67.2 Å². The van der Waals surface area contributed by atoms with Crippen LogP contribution in [0.3, 0.4) is 0 Å². The van der Waals surface area contributed by atoms with Crippen molar-refractivity contribution in [2.75, 3.05) is 13.7 Å². The predicted molar refractivity (Wildman–Crippen MR) is 44.0 cm³/mol. The van der Waals surface area contributed by atoms with Gasteiger partial charge in [0.25, 0.3) is 0 Å². The van der Waals surface area contributed by atoms with Crippen molar-refractivity contribution >= 4 is 5.97 Å². The third kappa shape index (κ3) is 3.78. The van der Waals surface area contributed by atoms with Crippen LogP contribution in [0.15, 0.2) is 11.6 Å². The molecule has 0 heterocycles. The molecule has 0 bridgehead atoms. The van der Waals surface area contributed by atoms with Crippen molar-refractivity contribution in [3.8, 4) is 0 Å². The molecular formula is C8H15NO2. The van der Waals surface area contributed by atoms with Crippen molar-refractivity contribution in [3.63, 3.8) is 0 Å². The molecule has 1 unspecified atom stereocenters. The summed E-state index contributed by atoms with van der Waals surface area (Å²) >= 11 is 0. The zero-order chi connectivity index (χ0) is 8.85. The maximum absolute atomic E-state index is 10.8. The van der Waals surface area contributed by atoms with E-state index < -0.39 is 0 Å². The smallest absolute Gasteiger partial charge is 0.333 e. The van der Waals surface area contributed by atoms with Gasteiger partial charge in [-0.25, -0.2) is 4.79 Å². The lowest BCUT2D eigenvalue weighted by molar-refractivity contribution is -0.136. The molecule has 0 aromatic carbocycles. The van der Waals surface area contributed by atoms with E-state index in [1.165, 1.54) is 7.11 Å². The lowest BCUT2D eigenvalue weighted by Crippen LogP contribution is -2.10. The molecule has 0 amide bonds. The molecule has 0 fully saturated rings. The SMILES string of the molecule is COC(=O)/C(C)=C/C(C)CN. The van der Waals surface area contributed by atoms with Gasteiger partial charge in [0, 0.05) is 5.57 Å². The molecule has 0 spiro atoms. The lowest BCUT2D eigenvalue weighted by atomic mass is 10.1. The summed E-state index contributed by atoms with van der Waals surface area (Å²) in [4.78, 5) is 10.8. The fraction of sp³-hybridized carbons (Fsp3) is 0.625. The summed E-state index contributed by atoms with van der Waals surface area (Å²) < 4.78 is 4.51. The summed E-state index contributed by atoms with van der Waals surface area (Å²) in [5, 5.41) is 0. The van der Waals surface area contributed by atoms with E-state index in [4.69, 9.17) is 5.73 Å². The lowest BCUT2D eigenvalue weighted by Gasteiger charge is -2.03. The molecule has 0 aliphatic carbocycles. The van der Waals surface area contributed by atoms with E-state index in [-0.39, 0.29) is 11.9 Å². The fourth-order valence-corrected chi connectivity index (χ4v) is 0.724. The summed E-state index contributed by atoms with van der Waals surface area (Å²) in [5.74, 6) is -0.0561. The minimum atomic E-state index is -0.287. The van der Waals surface area contributed by atoms with Gasteiger partial charge >= 0.3 is 5.97 Å². The quantitative estimate of drug-likeness (QED) is 0.484. The Kier molecular flexibility index (Phi) is 4.54. The van der Waals surface area contributed by atoms with E-state index >= 15 is 0 Å². The summed E-state index contributed by atoms with van der Waals surface area (Å²) in [6.45, 7) is 4.22. The molecule has 2 N–H and O–H groups in total. The van der Waals surface area contributed by atoms with Gasteiger partial charge in [-0.3, -0.25) is 0 Å². The first-order valence-corrected chi connectivity index (χ1v) is 3.58. The Morgan fingerprint density at radius 3 is 2.64 bits per heavy atom. The summed E-state index contributed by atoms with van der Waals surface area (Å²) in [7, 11) is 1.37. The van der Waals surface area contributed by atoms with Gasteiger partial charge in [0.05, 0.1) is 7.11 Å². The number of methoxy groups -OCH3 is 1. The first-order valence-electron chi connectivity index (χ1n) is 3.58. The number of carbonyl (C=O) groups excluding carboxylic acids is 1. The Balaban J connectivity index is 4.09. The first kappa shape index (κ1) is 10.2. The molecule has 0 radical (unpaired) electrons. The first-order chi connectivity index (χ1) is 5.11. The van der Waals surface area contributed by atoms with Crippen molar-refractivity contribution in [2.24, 2.45) is 11.7 Å². The molecule has 64 valence electrons.